The molecule has 0 aromatic heterocycles. The molecule has 1 N–H and O–H groups in total. The van der Waals surface area contributed by atoms with Crippen molar-refractivity contribution in [2.45, 2.75) is 25.8 Å². The molecule has 0 aliphatic carbocycles. The molecule has 3 rings (SSSR count). The number of piperazine rings is 1. The van der Waals surface area contributed by atoms with Crippen molar-refractivity contribution in [2.24, 2.45) is 0 Å². The zero-order valence-electron chi connectivity index (χ0n) is 12.3. The summed E-state index contributed by atoms with van der Waals surface area (Å²) in [5.74, 6) is 0.0884. The van der Waals surface area contributed by atoms with Gasteiger partial charge in [-0.2, -0.15) is 0 Å². The first-order valence-corrected chi connectivity index (χ1v) is 7.54. The summed E-state index contributed by atoms with van der Waals surface area (Å²) in [4.78, 5) is 27.9. The number of rotatable bonds is 2. The number of nitrogens with zero attached hydrogens (tertiary/aromatic N) is 2. The Morgan fingerprint density at radius 2 is 2.19 bits per heavy atom. The van der Waals surface area contributed by atoms with Crippen LogP contribution in [0.4, 0.5) is 5.69 Å². The third kappa shape index (κ3) is 2.93. The molecule has 0 spiro atoms. The summed E-state index contributed by atoms with van der Waals surface area (Å²) in [6.07, 6.45) is 2.01. The summed E-state index contributed by atoms with van der Waals surface area (Å²) in [6, 6.07) is 8.32. The highest BCUT2D eigenvalue weighted by atomic mass is 16.2. The highest BCUT2D eigenvalue weighted by Gasteiger charge is 2.29. The van der Waals surface area contributed by atoms with Crippen LogP contribution in [0.5, 0.6) is 0 Å². The Hall–Kier alpha value is -1.88. The molecule has 1 unspecified atom stereocenters. The second-order valence-corrected chi connectivity index (χ2v) is 5.84. The van der Waals surface area contributed by atoms with Crippen LogP contribution in [0.1, 0.15) is 18.9 Å². The van der Waals surface area contributed by atoms with E-state index in [1.807, 2.05) is 28.0 Å². The van der Waals surface area contributed by atoms with Crippen molar-refractivity contribution < 1.29 is 9.59 Å². The quantitative estimate of drug-likeness (QED) is 0.875. The Labute approximate surface area is 124 Å². The lowest BCUT2D eigenvalue weighted by atomic mass is 9.96. The molecule has 0 saturated carbocycles. The van der Waals surface area contributed by atoms with E-state index in [1.54, 1.807) is 0 Å². The van der Waals surface area contributed by atoms with E-state index in [1.165, 1.54) is 5.56 Å². The Kier molecular flexibility index (Phi) is 3.92. The standard InChI is InChI=1S/C16H21N3O2/c1-12-6-7-13-4-2-3-5-14(13)19(12)16(21)11-18-9-8-17-15(20)10-18/h2-5,12H,6-11H2,1H3,(H,17,20). The van der Waals surface area contributed by atoms with Gasteiger partial charge in [-0.15, -0.1) is 0 Å². The van der Waals surface area contributed by atoms with Crippen LogP contribution in [-0.2, 0) is 16.0 Å². The number of hydrogen-bond donors (Lipinski definition) is 1. The number of para-hydroxylation sites is 1. The molecule has 1 atom stereocenters. The predicted molar refractivity (Wildman–Crippen MR) is 81.2 cm³/mol. The number of benzene rings is 1. The van der Waals surface area contributed by atoms with Crippen LogP contribution in [0.2, 0.25) is 0 Å². The van der Waals surface area contributed by atoms with Gasteiger partial charge in [0, 0.05) is 24.8 Å². The van der Waals surface area contributed by atoms with Crippen molar-refractivity contribution in [3.8, 4) is 0 Å². The minimum atomic E-state index is 0.00106. The molecule has 5 heteroatoms. The maximum absolute atomic E-state index is 12.7. The predicted octanol–water partition coefficient (Wildman–Crippen LogP) is 0.786. The average molecular weight is 287 g/mol. The molecule has 2 aliphatic rings. The molecule has 2 heterocycles. The molecular formula is C16H21N3O2. The van der Waals surface area contributed by atoms with Gasteiger partial charge in [-0.3, -0.25) is 14.5 Å². The van der Waals surface area contributed by atoms with Crippen LogP contribution < -0.4 is 10.2 Å². The summed E-state index contributed by atoms with van der Waals surface area (Å²) in [5, 5.41) is 2.78. The third-order valence-electron chi connectivity index (χ3n) is 4.27. The summed E-state index contributed by atoms with van der Waals surface area (Å²) in [6.45, 7) is 4.08. The number of anilines is 1. The lowest BCUT2D eigenvalue weighted by molar-refractivity contribution is -0.126. The summed E-state index contributed by atoms with van der Waals surface area (Å²) >= 11 is 0. The van der Waals surface area contributed by atoms with Crippen LogP contribution in [0.25, 0.3) is 0 Å². The number of amides is 2. The normalized spacial score (nSPS) is 22.6. The Bertz CT molecular complexity index is 558. The molecule has 2 aliphatic heterocycles. The lowest BCUT2D eigenvalue weighted by Crippen LogP contribution is -2.53. The molecule has 1 fully saturated rings. The van der Waals surface area contributed by atoms with E-state index in [0.29, 0.717) is 19.6 Å². The molecular weight excluding hydrogens is 266 g/mol. The van der Waals surface area contributed by atoms with E-state index >= 15 is 0 Å². The van der Waals surface area contributed by atoms with Gasteiger partial charge < -0.3 is 10.2 Å². The van der Waals surface area contributed by atoms with Gasteiger partial charge in [-0.1, -0.05) is 18.2 Å². The first-order valence-electron chi connectivity index (χ1n) is 7.54. The van der Waals surface area contributed by atoms with Crippen molar-refractivity contribution >= 4 is 17.5 Å². The van der Waals surface area contributed by atoms with Gasteiger partial charge in [-0.05, 0) is 31.4 Å². The number of aryl methyl sites for hydroxylation is 1. The minimum absolute atomic E-state index is 0.00106. The van der Waals surface area contributed by atoms with Gasteiger partial charge in [0.1, 0.15) is 0 Å². The van der Waals surface area contributed by atoms with Crippen molar-refractivity contribution in [1.82, 2.24) is 10.2 Å². The number of hydrogen-bond acceptors (Lipinski definition) is 3. The molecule has 1 aromatic carbocycles. The van der Waals surface area contributed by atoms with Gasteiger partial charge in [0.05, 0.1) is 13.1 Å². The zero-order chi connectivity index (χ0) is 14.8. The van der Waals surface area contributed by atoms with Crippen LogP contribution in [-0.4, -0.2) is 48.9 Å². The van der Waals surface area contributed by atoms with Gasteiger partial charge in [0.15, 0.2) is 0 Å². The second kappa shape index (κ2) is 5.85. The molecule has 5 nitrogen and oxygen atoms in total. The van der Waals surface area contributed by atoms with E-state index in [2.05, 4.69) is 18.3 Å². The topological polar surface area (TPSA) is 52.7 Å². The highest BCUT2D eigenvalue weighted by Crippen LogP contribution is 2.30. The molecule has 21 heavy (non-hydrogen) atoms. The van der Waals surface area contributed by atoms with E-state index in [9.17, 15) is 9.59 Å². The van der Waals surface area contributed by atoms with E-state index in [4.69, 9.17) is 0 Å². The number of carbonyl (C=O) groups is 2. The van der Waals surface area contributed by atoms with Crippen LogP contribution in [0.3, 0.4) is 0 Å². The van der Waals surface area contributed by atoms with Crippen LogP contribution >= 0.6 is 0 Å². The van der Waals surface area contributed by atoms with Crippen molar-refractivity contribution in [3.05, 3.63) is 29.8 Å². The first kappa shape index (κ1) is 14.1. The van der Waals surface area contributed by atoms with Crippen molar-refractivity contribution in [1.29, 1.82) is 0 Å². The van der Waals surface area contributed by atoms with E-state index in [-0.39, 0.29) is 17.9 Å². The monoisotopic (exact) mass is 287 g/mol. The highest BCUT2D eigenvalue weighted by molar-refractivity contribution is 5.96. The molecule has 2 amide bonds. The van der Waals surface area contributed by atoms with Crippen molar-refractivity contribution in [2.75, 3.05) is 31.1 Å². The molecule has 0 bridgehead atoms. The fraction of sp³-hybridized carbons (Fsp3) is 0.500. The first-order chi connectivity index (χ1) is 10.1. The Balaban J connectivity index is 1.76. The minimum Gasteiger partial charge on any atom is -0.354 e. The van der Waals surface area contributed by atoms with Gasteiger partial charge in [0.25, 0.3) is 0 Å². The van der Waals surface area contributed by atoms with Crippen molar-refractivity contribution in [3.63, 3.8) is 0 Å². The maximum atomic E-state index is 12.7. The van der Waals surface area contributed by atoms with Crippen LogP contribution in [0, 0.1) is 0 Å². The van der Waals surface area contributed by atoms with E-state index < -0.39 is 0 Å². The largest absolute Gasteiger partial charge is 0.354 e. The summed E-state index contributed by atoms with van der Waals surface area (Å²) in [5.41, 5.74) is 2.27. The number of nitrogens with one attached hydrogen (secondary N) is 1. The second-order valence-electron chi connectivity index (χ2n) is 5.84. The average Bonchev–Trinajstić information content (AvgIpc) is 2.47. The van der Waals surface area contributed by atoms with Gasteiger partial charge in [0.2, 0.25) is 11.8 Å². The summed E-state index contributed by atoms with van der Waals surface area (Å²) in [7, 11) is 0. The van der Waals surface area contributed by atoms with E-state index in [0.717, 1.165) is 25.1 Å². The van der Waals surface area contributed by atoms with Crippen LogP contribution in [0.15, 0.2) is 24.3 Å². The molecule has 1 saturated heterocycles. The molecule has 1 aromatic rings. The Morgan fingerprint density at radius 1 is 1.38 bits per heavy atom. The molecule has 0 radical (unpaired) electrons. The molecule has 112 valence electrons. The maximum Gasteiger partial charge on any atom is 0.241 e. The number of fused-ring (bicyclic) bond motifs is 1. The smallest absolute Gasteiger partial charge is 0.241 e. The third-order valence-corrected chi connectivity index (χ3v) is 4.27. The Morgan fingerprint density at radius 3 is 3.00 bits per heavy atom. The summed E-state index contributed by atoms with van der Waals surface area (Å²) < 4.78 is 0. The van der Waals surface area contributed by atoms with Gasteiger partial charge in [-0.25, -0.2) is 0 Å². The number of carbonyl (C=O) groups excluding carboxylic acids is 2. The fourth-order valence-electron chi connectivity index (χ4n) is 3.16. The SMILES string of the molecule is CC1CCc2ccccc2N1C(=O)CN1CCNC(=O)C1. The lowest BCUT2D eigenvalue weighted by Gasteiger charge is -2.37. The zero-order valence-corrected chi connectivity index (χ0v) is 12.3. The fourth-order valence-corrected chi connectivity index (χ4v) is 3.16. The van der Waals surface area contributed by atoms with Gasteiger partial charge >= 0.3 is 0 Å².